The first kappa shape index (κ1) is 25.7. The molecule has 194 valence electrons. The fraction of sp³-hybridized carbons (Fsp3) is 0.538. The largest absolute Gasteiger partial charge is 0.444 e. The second-order valence-corrected chi connectivity index (χ2v) is 10.4. The standard InChI is InChI=1S/C26H35N5O5/c1-26(2,3)36-25(35)30-15-13-29(14-16-30)12-11-27-22(32)18-7-6-8-19(17-18)31-24(34)21-10-5-4-9-20(21)23(33)28-31/h4-8,17,20-21H,9-16H2,1-3H3,(H,27,32)(H,28,33). The zero-order valence-corrected chi connectivity index (χ0v) is 21.2. The van der Waals surface area contributed by atoms with Crippen molar-refractivity contribution in [1.29, 1.82) is 0 Å². The molecule has 10 nitrogen and oxygen atoms in total. The predicted octanol–water partition coefficient (Wildman–Crippen LogP) is 1.93. The Morgan fingerprint density at radius 2 is 1.75 bits per heavy atom. The van der Waals surface area contributed by atoms with E-state index < -0.39 is 5.60 Å². The number of rotatable bonds is 5. The zero-order chi connectivity index (χ0) is 25.9. The van der Waals surface area contributed by atoms with Crippen LogP contribution in [0.15, 0.2) is 36.4 Å². The molecule has 2 saturated heterocycles. The number of allylic oxidation sites excluding steroid dienone is 2. The summed E-state index contributed by atoms with van der Waals surface area (Å²) in [4.78, 5) is 54.4. The first-order chi connectivity index (χ1) is 17.1. The van der Waals surface area contributed by atoms with E-state index in [1.807, 2.05) is 32.9 Å². The number of hydrogen-bond donors (Lipinski definition) is 2. The SMILES string of the molecule is CC(C)(C)OC(=O)N1CCN(CCNC(=O)c2cccc(N3NC(=O)C4CC=CCC4C3=O)c2)CC1. The third kappa shape index (κ3) is 6.04. The van der Waals surface area contributed by atoms with Gasteiger partial charge in [0.2, 0.25) is 11.8 Å². The average Bonchev–Trinajstić information content (AvgIpc) is 2.85. The number of anilines is 1. The number of carbonyl (C=O) groups excluding carboxylic acids is 4. The molecule has 0 spiro atoms. The Balaban J connectivity index is 1.27. The third-order valence-corrected chi connectivity index (χ3v) is 6.63. The molecule has 2 heterocycles. The minimum Gasteiger partial charge on any atom is -0.444 e. The van der Waals surface area contributed by atoms with Crippen LogP contribution >= 0.6 is 0 Å². The van der Waals surface area contributed by atoms with E-state index in [1.54, 1.807) is 29.2 Å². The lowest BCUT2D eigenvalue weighted by atomic mass is 9.80. The minimum absolute atomic E-state index is 0.160. The third-order valence-electron chi connectivity index (χ3n) is 6.63. The second-order valence-electron chi connectivity index (χ2n) is 10.4. The Morgan fingerprint density at radius 1 is 1.06 bits per heavy atom. The average molecular weight is 498 g/mol. The molecule has 2 aliphatic heterocycles. The number of amides is 4. The Hall–Kier alpha value is -3.40. The van der Waals surface area contributed by atoms with E-state index in [1.165, 1.54) is 5.01 Å². The number of hydrazine groups is 1. The highest BCUT2D eigenvalue weighted by Gasteiger charge is 2.42. The number of piperazine rings is 1. The first-order valence-electron chi connectivity index (χ1n) is 12.5. The monoisotopic (exact) mass is 497 g/mol. The van der Waals surface area contributed by atoms with Crippen LogP contribution in [0.25, 0.3) is 0 Å². The highest BCUT2D eigenvalue weighted by Crippen LogP contribution is 2.32. The van der Waals surface area contributed by atoms with Gasteiger partial charge in [-0.1, -0.05) is 18.2 Å². The van der Waals surface area contributed by atoms with Crippen molar-refractivity contribution in [2.75, 3.05) is 44.3 Å². The number of ether oxygens (including phenoxy) is 1. The van der Waals surface area contributed by atoms with E-state index in [2.05, 4.69) is 15.6 Å². The Kier molecular flexibility index (Phi) is 7.63. The molecule has 2 atom stereocenters. The number of hydrogen-bond acceptors (Lipinski definition) is 6. The molecular formula is C26H35N5O5. The number of carbonyl (C=O) groups is 4. The quantitative estimate of drug-likeness (QED) is 0.602. The summed E-state index contributed by atoms with van der Waals surface area (Å²) in [5.41, 5.74) is 3.05. The topological polar surface area (TPSA) is 111 Å². The van der Waals surface area contributed by atoms with Crippen molar-refractivity contribution in [3.05, 3.63) is 42.0 Å². The van der Waals surface area contributed by atoms with Gasteiger partial charge in [-0.15, -0.1) is 0 Å². The van der Waals surface area contributed by atoms with E-state index in [0.717, 1.165) is 0 Å². The molecule has 0 bridgehead atoms. The molecule has 2 fully saturated rings. The van der Waals surface area contributed by atoms with E-state index in [0.29, 0.717) is 63.4 Å². The molecule has 36 heavy (non-hydrogen) atoms. The molecule has 0 radical (unpaired) electrons. The Labute approximate surface area is 211 Å². The molecule has 0 aromatic heterocycles. The number of nitrogens with zero attached hydrogens (tertiary/aromatic N) is 3. The Bertz CT molecular complexity index is 1040. The van der Waals surface area contributed by atoms with Gasteiger partial charge >= 0.3 is 6.09 Å². The predicted molar refractivity (Wildman–Crippen MR) is 134 cm³/mol. The zero-order valence-electron chi connectivity index (χ0n) is 21.2. The van der Waals surface area contributed by atoms with E-state index in [-0.39, 0.29) is 35.7 Å². The number of nitrogens with one attached hydrogen (secondary N) is 2. The van der Waals surface area contributed by atoms with E-state index >= 15 is 0 Å². The van der Waals surface area contributed by atoms with Crippen LogP contribution in [0.4, 0.5) is 10.5 Å². The fourth-order valence-corrected chi connectivity index (χ4v) is 4.68. The van der Waals surface area contributed by atoms with Crippen LogP contribution in [0.1, 0.15) is 44.0 Å². The van der Waals surface area contributed by atoms with Crippen LogP contribution < -0.4 is 15.8 Å². The van der Waals surface area contributed by atoms with Crippen molar-refractivity contribution in [2.45, 2.75) is 39.2 Å². The summed E-state index contributed by atoms with van der Waals surface area (Å²) in [6, 6.07) is 6.71. The maximum Gasteiger partial charge on any atom is 0.410 e. The fourth-order valence-electron chi connectivity index (χ4n) is 4.68. The lowest BCUT2D eigenvalue weighted by Crippen LogP contribution is -2.59. The van der Waals surface area contributed by atoms with Gasteiger partial charge < -0.3 is 15.0 Å². The maximum absolute atomic E-state index is 13.0. The van der Waals surface area contributed by atoms with Crippen molar-refractivity contribution in [3.8, 4) is 0 Å². The van der Waals surface area contributed by atoms with E-state index in [9.17, 15) is 19.2 Å². The van der Waals surface area contributed by atoms with Gasteiger partial charge in [-0.3, -0.25) is 24.7 Å². The smallest absolute Gasteiger partial charge is 0.410 e. The van der Waals surface area contributed by atoms with Crippen molar-refractivity contribution >= 4 is 29.5 Å². The molecule has 1 aliphatic carbocycles. The highest BCUT2D eigenvalue weighted by atomic mass is 16.6. The molecule has 2 N–H and O–H groups in total. The van der Waals surface area contributed by atoms with Crippen molar-refractivity contribution < 1.29 is 23.9 Å². The van der Waals surface area contributed by atoms with Gasteiger partial charge in [0, 0.05) is 44.8 Å². The minimum atomic E-state index is -0.516. The van der Waals surface area contributed by atoms with E-state index in [4.69, 9.17) is 4.74 Å². The van der Waals surface area contributed by atoms with Crippen molar-refractivity contribution in [3.63, 3.8) is 0 Å². The molecule has 3 aliphatic rings. The lowest BCUT2D eigenvalue weighted by molar-refractivity contribution is -0.139. The van der Waals surface area contributed by atoms with Crippen molar-refractivity contribution in [1.82, 2.24) is 20.5 Å². The van der Waals surface area contributed by atoms with Gasteiger partial charge in [0.15, 0.2) is 0 Å². The molecular weight excluding hydrogens is 462 g/mol. The molecule has 1 aromatic carbocycles. The summed E-state index contributed by atoms with van der Waals surface area (Å²) in [7, 11) is 0. The van der Waals surface area contributed by atoms with Crippen LogP contribution in [0, 0.1) is 11.8 Å². The van der Waals surface area contributed by atoms with Gasteiger partial charge in [-0.2, -0.15) is 0 Å². The van der Waals surface area contributed by atoms with Crippen LogP contribution in [-0.4, -0.2) is 78.5 Å². The summed E-state index contributed by atoms with van der Waals surface area (Å²) in [5, 5.41) is 4.19. The summed E-state index contributed by atoms with van der Waals surface area (Å²) in [6.07, 6.45) is 4.69. The van der Waals surface area contributed by atoms with Crippen LogP contribution in [0.5, 0.6) is 0 Å². The molecule has 10 heteroatoms. The maximum atomic E-state index is 13.0. The molecule has 2 unspecified atom stereocenters. The number of fused-ring (bicyclic) bond motifs is 1. The van der Waals surface area contributed by atoms with Gasteiger partial charge in [-0.25, -0.2) is 9.80 Å². The summed E-state index contributed by atoms with van der Waals surface area (Å²) < 4.78 is 5.43. The Morgan fingerprint density at radius 3 is 2.44 bits per heavy atom. The lowest BCUT2D eigenvalue weighted by Gasteiger charge is -2.38. The van der Waals surface area contributed by atoms with Crippen molar-refractivity contribution in [2.24, 2.45) is 11.8 Å². The summed E-state index contributed by atoms with van der Waals surface area (Å²) >= 11 is 0. The summed E-state index contributed by atoms with van der Waals surface area (Å²) in [5.74, 6) is -1.30. The molecule has 4 amide bonds. The molecule has 0 saturated carbocycles. The first-order valence-corrected chi connectivity index (χ1v) is 12.5. The van der Waals surface area contributed by atoms with Crippen LogP contribution in [0.3, 0.4) is 0 Å². The van der Waals surface area contributed by atoms with Gasteiger partial charge in [0.25, 0.3) is 5.91 Å². The van der Waals surface area contributed by atoms with Crippen LogP contribution in [-0.2, 0) is 14.3 Å². The summed E-state index contributed by atoms with van der Waals surface area (Å²) in [6.45, 7) is 9.24. The molecule has 1 aromatic rings. The highest BCUT2D eigenvalue weighted by molar-refractivity contribution is 6.05. The normalized spacial score (nSPS) is 22.6. The van der Waals surface area contributed by atoms with Gasteiger partial charge in [0.1, 0.15) is 5.60 Å². The van der Waals surface area contributed by atoms with Gasteiger partial charge in [0.05, 0.1) is 17.5 Å². The second kappa shape index (κ2) is 10.7. The van der Waals surface area contributed by atoms with Crippen LogP contribution in [0.2, 0.25) is 0 Å². The molecule has 4 rings (SSSR count). The van der Waals surface area contributed by atoms with Gasteiger partial charge in [-0.05, 0) is 51.8 Å². The number of benzene rings is 1.